The molecule has 24 heavy (non-hydrogen) atoms. The van der Waals surface area contributed by atoms with E-state index in [1.54, 1.807) is 0 Å². The van der Waals surface area contributed by atoms with E-state index in [1.165, 1.54) is 0 Å². The Bertz CT molecular complexity index is 766. The lowest BCUT2D eigenvalue weighted by molar-refractivity contribution is 0.0107. The number of anilines is 2. The van der Waals surface area contributed by atoms with Crippen molar-refractivity contribution in [3.05, 3.63) is 35.4 Å². The van der Waals surface area contributed by atoms with Crippen LogP contribution in [0.4, 0.5) is 11.8 Å². The van der Waals surface area contributed by atoms with Gasteiger partial charge in [0.15, 0.2) is 0 Å². The van der Waals surface area contributed by atoms with Crippen LogP contribution in [-0.2, 0) is 16.1 Å². The summed E-state index contributed by atoms with van der Waals surface area (Å²) in [5.74, 6) is 0.117. The molecule has 7 heteroatoms. The van der Waals surface area contributed by atoms with Gasteiger partial charge in [-0.3, -0.25) is 0 Å². The van der Waals surface area contributed by atoms with Gasteiger partial charge in [-0.2, -0.15) is 10.2 Å². The highest BCUT2D eigenvalue weighted by Gasteiger charge is 2.18. The monoisotopic (exact) mass is 325 g/mol. The molecular weight excluding hydrogens is 306 g/mol. The van der Waals surface area contributed by atoms with Crippen LogP contribution >= 0.6 is 0 Å². The Kier molecular flexibility index (Phi) is 4.89. The molecule has 0 amide bonds. The molecule has 1 saturated heterocycles. The average Bonchev–Trinajstić information content (AvgIpc) is 3.08. The van der Waals surface area contributed by atoms with E-state index in [9.17, 15) is 5.26 Å². The molecule has 1 aromatic heterocycles. The first kappa shape index (κ1) is 16.2. The molecule has 124 valence electrons. The Labute approximate surface area is 140 Å². The van der Waals surface area contributed by atoms with Gasteiger partial charge in [-0.15, -0.1) is 0 Å². The quantitative estimate of drug-likeness (QED) is 0.861. The Morgan fingerprint density at radius 3 is 2.88 bits per heavy atom. The molecule has 2 heterocycles. The van der Waals surface area contributed by atoms with Crippen LogP contribution in [0.3, 0.4) is 0 Å². The minimum atomic E-state index is 0.0385. The molecule has 0 aliphatic carbocycles. The fourth-order valence-corrected chi connectivity index (χ4v) is 2.75. The lowest BCUT2D eigenvalue weighted by Crippen LogP contribution is -2.14. The number of hydrogen-bond donors (Lipinski definition) is 2. The van der Waals surface area contributed by atoms with Crippen molar-refractivity contribution in [3.63, 3.8) is 0 Å². The van der Waals surface area contributed by atoms with Gasteiger partial charge in [-0.1, -0.05) is 24.3 Å². The number of nitrogens with zero attached hydrogens (tertiary/aromatic N) is 3. The summed E-state index contributed by atoms with van der Waals surface area (Å²) in [6, 6.07) is 9.63. The molecule has 1 fully saturated rings. The number of nitrogens with two attached hydrogens (primary N) is 2. The van der Waals surface area contributed by atoms with Crippen LogP contribution in [0.5, 0.6) is 0 Å². The number of benzene rings is 1. The van der Waals surface area contributed by atoms with Crippen LogP contribution in [0.2, 0.25) is 0 Å². The fourth-order valence-electron chi connectivity index (χ4n) is 2.75. The van der Waals surface area contributed by atoms with E-state index in [4.69, 9.17) is 20.9 Å². The van der Waals surface area contributed by atoms with Crippen LogP contribution in [0.1, 0.15) is 24.0 Å². The van der Waals surface area contributed by atoms with Crippen LogP contribution in [-0.4, -0.2) is 29.3 Å². The smallest absolute Gasteiger partial charge is 0.222 e. The molecule has 0 spiro atoms. The van der Waals surface area contributed by atoms with Gasteiger partial charge in [0.2, 0.25) is 5.95 Å². The zero-order valence-corrected chi connectivity index (χ0v) is 13.2. The normalized spacial score (nSPS) is 16.9. The highest BCUT2D eigenvalue weighted by Crippen LogP contribution is 2.28. The average molecular weight is 325 g/mol. The highest BCUT2D eigenvalue weighted by atomic mass is 16.5. The molecule has 1 aromatic carbocycles. The van der Waals surface area contributed by atoms with Crippen molar-refractivity contribution in [2.24, 2.45) is 0 Å². The van der Waals surface area contributed by atoms with Crippen molar-refractivity contribution < 1.29 is 9.47 Å². The van der Waals surface area contributed by atoms with Crippen LogP contribution in [0.25, 0.3) is 11.3 Å². The van der Waals surface area contributed by atoms with Crippen molar-refractivity contribution in [1.29, 1.82) is 5.26 Å². The van der Waals surface area contributed by atoms with E-state index in [-0.39, 0.29) is 23.4 Å². The summed E-state index contributed by atoms with van der Waals surface area (Å²) in [7, 11) is 0. The predicted molar refractivity (Wildman–Crippen MR) is 89.6 cm³/mol. The third-order valence-corrected chi connectivity index (χ3v) is 3.92. The minimum absolute atomic E-state index is 0.0385. The summed E-state index contributed by atoms with van der Waals surface area (Å²) >= 11 is 0. The second-order valence-corrected chi connectivity index (χ2v) is 5.61. The Hall–Kier alpha value is -2.69. The van der Waals surface area contributed by atoms with Gasteiger partial charge in [-0.05, 0) is 18.4 Å². The largest absolute Gasteiger partial charge is 0.382 e. The Balaban J connectivity index is 1.85. The van der Waals surface area contributed by atoms with Crippen molar-refractivity contribution in [2.75, 3.05) is 24.7 Å². The first-order valence-electron chi connectivity index (χ1n) is 7.79. The SMILES string of the molecule is N#Cc1c(N)nc(N)nc1-c1ccccc1COCC1CCCO1. The van der Waals surface area contributed by atoms with Gasteiger partial charge >= 0.3 is 0 Å². The van der Waals surface area contributed by atoms with E-state index < -0.39 is 0 Å². The van der Waals surface area contributed by atoms with Crippen LogP contribution in [0.15, 0.2) is 24.3 Å². The summed E-state index contributed by atoms with van der Waals surface area (Å²) in [6.07, 6.45) is 2.27. The number of aromatic nitrogens is 2. The Morgan fingerprint density at radius 2 is 2.12 bits per heavy atom. The standard InChI is InChI=1S/C17H19N5O2/c18-8-14-15(21-17(20)22-16(14)19)13-6-2-1-4-11(13)9-23-10-12-5-3-7-24-12/h1-2,4,6,12H,3,5,7,9-10H2,(H4,19,20,21,22). The lowest BCUT2D eigenvalue weighted by atomic mass is 10.0. The number of nitriles is 1. The molecule has 2 aromatic rings. The third-order valence-electron chi connectivity index (χ3n) is 3.92. The molecule has 0 bridgehead atoms. The van der Waals surface area contributed by atoms with Crippen LogP contribution < -0.4 is 11.5 Å². The number of hydrogen-bond acceptors (Lipinski definition) is 7. The molecule has 0 radical (unpaired) electrons. The maximum Gasteiger partial charge on any atom is 0.222 e. The molecule has 1 unspecified atom stereocenters. The summed E-state index contributed by atoms with van der Waals surface area (Å²) in [4.78, 5) is 8.05. The van der Waals surface area contributed by atoms with E-state index in [0.29, 0.717) is 18.9 Å². The van der Waals surface area contributed by atoms with Gasteiger partial charge in [-0.25, -0.2) is 4.98 Å². The topological polar surface area (TPSA) is 120 Å². The first-order valence-corrected chi connectivity index (χ1v) is 7.79. The van der Waals surface area contributed by atoms with Gasteiger partial charge in [0, 0.05) is 12.2 Å². The molecule has 1 aliphatic rings. The maximum absolute atomic E-state index is 9.36. The van der Waals surface area contributed by atoms with Crippen molar-refractivity contribution in [3.8, 4) is 17.3 Å². The van der Waals surface area contributed by atoms with Gasteiger partial charge in [0.1, 0.15) is 17.5 Å². The number of ether oxygens (including phenoxy) is 2. The van der Waals surface area contributed by atoms with Gasteiger partial charge < -0.3 is 20.9 Å². The molecule has 3 rings (SSSR count). The Morgan fingerprint density at radius 1 is 1.29 bits per heavy atom. The molecule has 1 atom stereocenters. The first-order chi connectivity index (χ1) is 11.7. The molecule has 4 N–H and O–H groups in total. The number of rotatable bonds is 5. The summed E-state index contributed by atoms with van der Waals surface area (Å²) in [5, 5.41) is 9.36. The minimum Gasteiger partial charge on any atom is -0.382 e. The van der Waals surface area contributed by atoms with Crippen molar-refractivity contribution in [2.45, 2.75) is 25.6 Å². The fraction of sp³-hybridized carbons (Fsp3) is 0.353. The van der Waals surface area contributed by atoms with Gasteiger partial charge in [0.05, 0.1) is 25.0 Å². The van der Waals surface area contributed by atoms with E-state index >= 15 is 0 Å². The summed E-state index contributed by atoms with van der Waals surface area (Å²) in [5.41, 5.74) is 13.8. The molecular formula is C17H19N5O2. The molecule has 1 aliphatic heterocycles. The second-order valence-electron chi connectivity index (χ2n) is 5.61. The second kappa shape index (κ2) is 7.25. The maximum atomic E-state index is 9.36. The van der Waals surface area contributed by atoms with Gasteiger partial charge in [0.25, 0.3) is 0 Å². The molecule has 0 saturated carbocycles. The predicted octanol–water partition coefficient (Wildman–Crippen LogP) is 1.88. The van der Waals surface area contributed by atoms with Crippen LogP contribution in [0, 0.1) is 11.3 Å². The van der Waals surface area contributed by atoms with Crippen molar-refractivity contribution >= 4 is 11.8 Å². The molecule has 7 nitrogen and oxygen atoms in total. The zero-order chi connectivity index (χ0) is 16.9. The van der Waals surface area contributed by atoms with E-state index in [0.717, 1.165) is 30.6 Å². The third kappa shape index (κ3) is 3.45. The van der Waals surface area contributed by atoms with E-state index in [1.807, 2.05) is 24.3 Å². The lowest BCUT2D eigenvalue weighted by Gasteiger charge is -2.14. The van der Waals surface area contributed by atoms with Crippen molar-refractivity contribution in [1.82, 2.24) is 9.97 Å². The number of nitrogen functional groups attached to an aromatic ring is 2. The zero-order valence-electron chi connectivity index (χ0n) is 13.2. The highest BCUT2D eigenvalue weighted by molar-refractivity contribution is 5.75. The summed E-state index contributed by atoms with van der Waals surface area (Å²) < 4.78 is 11.3. The summed E-state index contributed by atoms with van der Waals surface area (Å²) in [6.45, 7) is 1.74. The van der Waals surface area contributed by atoms with E-state index in [2.05, 4.69) is 16.0 Å².